The van der Waals surface area contributed by atoms with Gasteiger partial charge in [0.15, 0.2) is 6.61 Å². The Labute approximate surface area is 148 Å². The quantitative estimate of drug-likeness (QED) is 0.828. The first-order valence-electron chi connectivity index (χ1n) is 8.97. The number of carbonyl (C=O) groups excluding carboxylic acids is 2. The van der Waals surface area contributed by atoms with Crippen LogP contribution in [0.1, 0.15) is 18.4 Å². The molecule has 1 unspecified atom stereocenters. The lowest BCUT2D eigenvalue weighted by Crippen LogP contribution is -2.50. The number of hydrogen-bond acceptors (Lipinski definition) is 4. The zero-order valence-electron chi connectivity index (χ0n) is 14.8. The summed E-state index contributed by atoms with van der Waals surface area (Å²) < 4.78 is 10.9. The molecule has 2 heterocycles. The van der Waals surface area contributed by atoms with E-state index in [0.717, 1.165) is 18.4 Å². The van der Waals surface area contributed by atoms with Crippen molar-refractivity contribution in [2.24, 2.45) is 5.92 Å². The average molecular weight is 346 g/mol. The molecule has 1 aromatic carbocycles. The molecule has 2 aliphatic heterocycles. The third-order valence-corrected chi connectivity index (χ3v) is 4.80. The van der Waals surface area contributed by atoms with E-state index in [9.17, 15) is 9.59 Å². The Morgan fingerprint density at radius 2 is 2.00 bits per heavy atom. The van der Waals surface area contributed by atoms with Crippen molar-refractivity contribution in [3.05, 3.63) is 29.8 Å². The molecule has 6 nitrogen and oxygen atoms in total. The van der Waals surface area contributed by atoms with E-state index in [4.69, 9.17) is 9.47 Å². The van der Waals surface area contributed by atoms with E-state index < -0.39 is 0 Å². The summed E-state index contributed by atoms with van der Waals surface area (Å²) in [6.45, 7) is 5.70. The van der Waals surface area contributed by atoms with Gasteiger partial charge in [0, 0.05) is 26.2 Å². The van der Waals surface area contributed by atoms with Crippen LogP contribution in [0.25, 0.3) is 0 Å². The van der Waals surface area contributed by atoms with Crippen molar-refractivity contribution in [2.75, 3.05) is 46.0 Å². The van der Waals surface area contributed by atoms with Gasteiger partial charge in [-0.2, -0.15) is 0 Å². The van der Waals surface area contributed by atoms with E-state index in [0.29, 0.717) is 45.1 Å². The van der Waals surface area contributed by atoms with Crippen LogP contribution < -0.4 is 4.74 Å². The van der Waals surface area contributed by atoms with E-state index in [-0.39, 0.29) is 24.3 Å². The maximum absolute atomic E-state index is 12.6. The lowest BCUT2D eigenvalue weighted by molar-refractivity contribution is -0.144. The standard InChI is InChI=1S/C19H26N2O4/c1-15-4-2-6-17(12-15)25-14-18(22)21-7-3-5-16(13-21)19(23)20-8-10-24-11-9-20/h2,4,6,12,16H,3,5,7-11,13-14H2,1H3. The van der Waals surface area contributed by atoms with Crippen LogP contribution in [0.2, 0.25) is 0 Å². The summed E-state index contributed by atoms with van der Waals surface area (Å²) in [5.41, 5.74) is 1.10. The van der Waals surface area contributed by atoms with Gasteiger partial charge in [0.1, 0.15) is 5.75 Å². The second-order valence-corrected chi connectivity index (χ2v) is 6.72. The lowest BCUT2D eigenvalue weighted by Gasteiger charge is -2.36. The molecule has 0 bridgehead atoms. The Morgan fingerprint density at radius 3 is 2.76 bits per heavy atom. The molecule has 0 saturated carbocycles. The molecule has 25 heavy (non-hydrogen) atoms. The van der Waals surface area contributed by atoms with Gasteiger partial charge < -0.3 is 19.3 Å². The maximum atomic E-state index is 12.6. The van der Waals surface area contributed by atoms with Gasteiger partial charge >= 0.3 is 0 Å². The molecular formula is C19H26N2O4. The molecule has 0 spiro atoms. The normalized spacial score (nSPS) is 21.1. The van der Waals surface area contributed by atoms with E-state index in [1.807, 2.05) is 36.1 Å². The van der Waals surface area contributed by atoms with Crippen LogP contribution in [0.15, 0.2) is 24.3 Å². The second kappa shape index (κ2) is 8.34. The number of amides is 2. The average Bonchev–Trinajstić information content (AvgIpc) is 2.66. The Hall–Kier alpha value is -2.08. The number of ether oxygens (including phenoxy) is 2. The monoisotopic (exact) mass is 346 g/mol. The fraction of sp³-hybridized carbons (Fsp3) is 0.579. The Bertz CT molecular complexity index is 613. The van der Waals surface area contributed by atoms with Crippen LogP contribution in [-0.4, -0.2) is 67.6 Å². The largest absolute Gasteiger partial charge is 0.484 e. The van der Waals surface area contributed by atoms with Crippen molar-refractivity contribution in [3.8, 4) is 5.75 Å². The third-order valence-electron chi connectivity index (χ3n) is 4.80. The SMILES string of the molecule is Cc1cccc(OCC(=O)N2CCCC(C(=O)N3CCOCC3)C2)c1. The van der Waals surface area contributed by atoms with Gasteiger partial charge in [-0.15, -0.1) is 0 Å². The highest BCUT2D eigenvalue weighted by atomic mass is 16.5. The number of aryl methyl sites for hydroxylation is 1. The first kappa shape index (κ1) is 17.7. The van der Waals surface area contributed by atoms with Crippen LogP contribution >= 0.6 is 0 Å². The van der Waals surface area contributed by atoms with Crippen molar-refractivity contribution in [2.45, 2.75) is 19.8 Å². The van der Waals surface area contributed by atoms with Gasteiger partial charge in [-0.05, 0) is 37.5 Å². The molecule has 0 aromatic heterocycles. The smallest absolute Gasteiger partial charge is 0.260 e. The van der Waals surface area contributed by atoms with Gasteiger partial charge in [0.2, 0.25) is 5.91 Å². The summed E-state index contributed by atoms with van der Waals surface area (Å²) in [6.07, 6.45) is 1.70. The first-order chi connectivity index (χ1) is 12.1. The van der Waals surface area contributed by atoms with E-state index in [2.05, 4.69) is 0 Å². The number of carbonyl (C=O) groups is 2. The highest BCUT2D eigenvalue weighted by Gasteiger charge is 2.31. The van der Waals surface area contributed by atoms with Crippen molar-refractivity contribution in [1.29, 1.82) is 0 Å². The topological polar surface area (TPSA) is 59.1 Å². The molecule has 2 fully saturated rings. The van der Waals surface area contributed by atoms with Gasteiger partial charge in [-0.25, -0.2) is 0 Å². The summed E-state index contributed by atoms with van der Waals surface area (Å²) in [5.74, 6) is 0.697. The minimum Gasteiger partial charge on any atom is -0.484 e. The van der Waals surface area contributed by atoms with Crippen LogP contribution in [0.5, 0.6) is 5.75 Å². The molecule has 1 atom stereocenters. The van der Waals surface area contributed by atoms with Crippen molar-refractivity contribution in [3.63, 3.8) is 0 Å². The Balaban J connectivity index is 1.51. The Kier molecular flexibility index (Phi) is 5.91. The van der Waals surface area contributed by atoms with Crippen LogP contribution in [0.4, 0.5) is 0 Å². The van der Waals surface area contributed by atoms with Crippen molar-refractivity contribution < 1.29 is 19.1 Å². The van der Waals surface area contributed by atoms with Crippen molar-refractivity contribution in [1.82, 2.24) is 9.80 Å². The highest BCUT2D eigenvalue weighted by Crippen LogP contribution is 2.20. The maximum Gasteiger partial charge on any atom is 0.260 e. The second-order valence-electron chi connectivity index (χ2n) is 6.72. The molecule has 3 rings (SSSR count). The number of nitrogens with zero attached hydrogens (tertiary/aromatic N) is 2. The third kappa shape index (κ3) is 4.72. The fourth-order valence-electron chi connectivity index (χ4n) is 3.39. The summed E-state index contributed by atoms with van der Waals surface area (Å²) in [7, 11) is 0. The number of benzene rings is 1. The molecule has 6 heteroatoms. The molecule has 2 amide bonds. The zero-order valence-corrected chi connectivity index (χ0v) is 14.8. The fourth-order valence-corrected chi connectivity index (χ4v) is 3.39. The van der Waals surface area contributed by atoms with Gasteiger partial charge in [-0.1, -0.05) is 12.1 Å². The van der Waals surface area contributed by atoms with E-state index in [1.165, 1.54) is 0 Å². The first-order valence-corrected chi connectivity index (χ1v) is 8.97. The van der Waals surface area contributed by atoms with Crippen LogP contribution in [0.3, 0.4) is 0 Å². The lowest BCUT2D eigenvalue weighted by atomic mass is 9.96. The molecule has 136 valence electrons. The molecule has 0 N–H and O–H groups in total. The highest BCUT2D eigenvalue weighted by molar-refractivity contribution is 5.82. The summed E-state index contributed by atoms with van der Waals surface area (Å²) in [4.78, 5) is 28.7. The zero-order chi connectivity index (χ0) is 17.6. The van der Waals surface area contributed by atoms with Gasteiger partial charge in [0.25, 0.3) is 5.91 Å². The minimum atomic E-state index is -0.102. The summed E-state index contributed by atoms with van der Waals surface area (Å²) in [5, 5.41) is 0. The van der Waals surface area contributed by atoms with E-state index in [1.54, 1.807) is 4.90 Å². The van der Waals surface area contributed by atoms with Crippen molar-refractivity contribution >= 4 is 11.8 Å². The molecule has 2 aliphatic rings. The molecule has 2 saturated heterocycles. The van der Waals surface area contributed by atoms with Gasteiger partial charge in [-0.3, -0.25) is 9.59 Å². The molecule has 0 aliphatic carbocycles. The predicted molar refractivity (Wildman–Crippen MR) is 93.4 cm³/mol. The van der Waals surface area contributed by atoms with Crippen LogP contribution in [-0.2, 0) is 14.3 Å². The molecular weight excluding hydrogens is 320 g/mol. The number of likely N-dealkylation sites (tertiary alicyclic amines) is 1. The summed E-state index contributed by atoms with van der Waals surface area (Å²) in [6, 6.07) is 7.66. The number of piperidine rings is 1. The summed E-state index contributed by atoms with van der Waals surface area (Å²) >= 11 is 0. The Morgan fingerprint density at radius 1 is 1.20 bits per heavy atom. The number of hydrogen-bond donors (Lipinski definition) is 0. The predicted octanol–water partition coefficient (Wildman–Crippen LogP) is 1.47. The number of rotatable bonds is 4. The van der Waals surface area contributed by atoms with Crippen LogP contribution in [0, 0.1) is 12.8 Å². The molecule has 1 aromatic rings. The minimum absolute atomic E-state index is 0.0158. The number of morpholine rings is 1. The van der Waals surface area contributed by atoms with Gasteiger partial charge in [0.05, 0.1) is 19.1 Å². The molecule has 0 radical (unpaired) electrons. The van der Waals surface area contributed by atoms with E-state index >= 15 is 0 Å².